The summed E-state index contributed by atoms with van der Waals surface area (Å²) in [5.74, 6) is 0. The normalized spacial score (nSPS) is 12.1. The van der Waals surface area contributed by atoms with Crippen LogP contribution in [-0.2, 0) is 6.54 Å². The Labute approximate surface area is 75.4 Å². The van der Waals surface area contributed by atoms with Crippen molar-refractivity contribution in [3.05, 3.63) is 28.5 Å². The first-order valence-corrected chi connectivity index (χ1v) is 3.98. The van der Waals surface area contributed by atoms with Gasteiger partial charge in [-0.1, -0.05) is 23.2 Å². The van der Waals surface area contributed by atoms with Crippen LogP contribution in [-0.4, -0.2) is 9.78 Å². The molecule has 0 saturated heterocycles. The molecule has 0 amide bonds. The Bertz CT molecular complexity index is 265. The van der Waals surface area contributed by atoms with Crippen molar-refractivity contribution in [2.75, 3.05) is 0 Å². The van der Waals surface area contributed by atoms with Gasteiger partial charge in [-0.15, -0.1) is 0 Å². The lowest BCUT2D eigenvalue weighted by Crippen LogP contribution is -1.98. The van der Waals surface area contributed by atoms with Crippen molar-refractivity contribution in [2.24, 2.45) is 0 Å². The molecular weight excluding hydrogens is 183 g/mol. The molecule has 0 saturated carbocycles. The Morgan fingerprint density at radius 2 is 2.55 bits per heavy atom. The van der Waals surface area contributed by atoms with Gasteiger partial charge in [0.05, 0.1) is 17.3 Å². The molecule has 0 aliphatic rings. The number of aryl methyl sites for hydroxylation is 1. The first-order valence-electron chi connectivity index (χ1n) is 3.17. The Morgan fingerprint density at radius 3 is 3.00 bits per heavy atom. The molecule has 0 atom stereocenters. The van der Waals surface area contributed by atoms with Crippen molar-refractivity contribution >= 4 is 23.2 Å². The van der Waals surface area contributed by atoms with E-state index in [1.54, 1.807) is 4.68 Å². The van der Waals surface area contributed by atoms with E-state index in [9.17, 15) is 0 Å². The smallest absolute Gasteiger partial charge is 0.0774 e. The van der Waals surface area contributed by atoms with Crippen LogP contribution in [0.15, 0.2) is 22.8 Å². The van der Waals surface area contributed by atoms with Crippen LogP contribution in [0.2, 0.25) is 0 Å². The van der Waals surface area contributed by atoms with E-state index in [0.717, 1.165) is 5.69 Å². The lowest BCUT2D eigenvalue weighted by molar-refractivity contribution is 0.687. The van der Waals surface area contributed by atoms with Crippen LogP contribution in [0.4, 0.5) is 0 Å². The largest absolute Gasteiger partial charge is 0.267 e. The second-order valence-electron chi connectivity index (χ2n) is 2.21. The molecule has 1 aromatic heterocycles. The van der Waals surface area contributed by atoms with Crippen LogP contribution in [0.5, 0.6) is 0 Å². The summed E-state index contributed by atoms with van der Waals surface area (Å²) in [6.07, 6.45) is 1.86. The van der Waals surface area contributed by atoms with Crippen molar-refractivity contribution < 1.29 is 0 Å². The van der Waals surface area contributed by atoms with E-state index in [1.807, 2.05) is 19.2 Å². The molecule has 0 aliphatic heterocycles. The zero-order valence-electron chi connectivity index (χ0n) is 6.09. The highest BCUT2D eigenvalue weighted by Crippen LogP contribution is 2.06. The third kappa shape index (κ3) is 2.56. The summed E-state index contributed by atoms with van der Waals surface area (Å²) in [5, 5.41) is 4.71. The number of rotatable bonds is 2. The Morgan fingerprint density at radius 1 is 1.82 bits per heavy atom. The summed E-state index contributed by atoms with van der Waals surface area (Å²) in [5.41, 5.74) is 2.32. The highest BCUT2D eigenvalue weighted by molar-refractivity contribution is 6.36. The van der Waals surface area contributed by atoms with E-state index in [-0.39, 0.29) is 0 Å². The monoisotopic (exact) mass is 190 g/mol. The Kier molecular flexibility index (Phi) is 2.97. The highest BCUT2D eigenvalue weighted by Gasteiger charge is 1.95. The summed E-state index contributed by atoms with van der Waals surface area (Å²) in [4.78, 5) is 0. The number of allylic oxidation sites excluding steroid dienone is 1. The number of hydrogen-bond acceptors (Lipinski definition) is 1. The third-order valence-corrected chi connectivity index (χ3v) is 1.81. The minimum Gasteiger partial charge on any atom is -0.267 e. The molecule has 0 unspecified atom stereocenters. The van der Waals surface area contributed by atoms with Gasteiger partial charge in [-0.05, 0) is 13.0 Å². The molecule has 0 aliphatic carbocycles. The van der Waals surface area contributed by atoms with Gasteiger partial charge >= 0.3 is 0 Å². The van der Waals surface area contributed by atoms with Gasteiger partial charge in [-0.25, -0.2) is 0 Å². The van der Waals surface area contributed by atoms with E-state index in [1.165, 1.54) is 5.54 Å². The molecule has 0 bridgehead atoms. The van der Waals surface area contributed by atoms with Crippen molar-refractivity contribution in [1.82, 2.24) is 9.78 Å². The van der Waals surface area contributed by atoms with Crippen molar-refractivity contribution in [1.29, 1.82) is 0 Å². The summed E-state index contributed by atoms with van der Waals surface area (Å²) < 4.78 is 1.73. The van der Waals surface area contributed by atoms with Gasteiger partial charge < -0.3 is 0 Å². The minimum absolute atomic E-state index is 0.541. The second-order valence-corrected chi connectivity index (χ2v) is 2.91. The first kappa shape index (κ1) is 8.62. The highest BCUT2D eigenvalue weighted by atomic mass is 35.5. The molecule has 2 nitrogen and oxygen atoms in total. The van der Waals surface area contributed by atoms with Gasteiger partial charge in [0.15, 0.2) is 0 Å². The summed E-state index contributed by atoms with van der Waals surface area (Å²) in [7, 11) is 0. The molecule has 1 rings (SSSR count). The van der Waals surface area contributed by atoms with Crippen LogP contribution < -0.4 is 0 Å². The molecule has 0 radical (unpaired) electrons. The van der Waals surface area contributed by atoms with Gasteiger partial charge in [0.2, 0.25) is 0 Å². The van der Waals surface area contributed by atoms with Crippen molar-refractivity contribution in [3.63, 3.8) is 0 Å². The Hall–Kier alpha value is -0.470. The van der Waals surface area contributed by atoms with Gasteiger partial charge in [-0.2, -0.15) is 5.10 Å². The maximum absolute atomic E-state index is 5.68. The number of aromatic nitrogens is 2. The van der Waals surface area contributed by atoms with Crippen LogP contribution in [0.1, 0.15) is 5.69 Å². The van der Waals surface area contributed by atoms with E-state index >= 15 is 0 Å². The molecular formula is C7H8Cl2N2. The lowest BCUT2D eigenvalue weighted by Gasteiger charge is -1.96. The van der Waals surface area contributed by atoms with Gasteiger partial charge in [0.1, 0.15) is 0 Å². The number of nitrogens with zero attached hydrogens (tertiary/aromatic N) is 2. The zero-order valence-corrected chi connectivity index (χ0v) is 7.60. The van der Waals surface area contributed by atoms with Gasteiger partial charge in [-0.3, -0.25) is 4.68 Å². The van der Waals surface area contributed by atoms with Crippen molar-refractivity contribution in [3.8, 4) is 0 Å². The standard InChI is InChI=1S/C7H8Cl2N2/c1-6-2-3-11(10-6)5-7(9)4-8/h2-4H,5H2,1H3. The van der Waals surface area contributed by atoms with E-state index in [0.29, 0.717) is 11.6 Å². The first-order chi connectivity index (χ1) is 5.22. The maximum Gasteiger partial charge on any atom is 0.0774 e. The molecule has 11 heavy (non-hydrogen) atoms. The van der Waals surface area contributed by atoms with Gasteiger partial charge in [0.25, 0.3) is 0 Å². The lowest BCUT2D eigenvalue weighted by atomic mass is 10.5. The fourth-order valence-corrected chi connectivity index (χ4v) is 0.932. The molecule has 1 heterocycles. The summed E-state index contributed by atoms with van der Waals surface area (Å²) >= 11 is 11.1. The van der Waals surface area contributed by atoms with Crippen LogP contribution in [0.3, 0.4) is 0 Å². The van der Waals surface area contributed by atoms with E-state index < -0.39 is 0 Å². The van der Waals surface area contributed by atoms with Crippen molar-refractivity contribution in [2.45, 2.75) is 13.5 Å². The van der Waals surface area contributed by atoms with Crippen LogP contribution in [0.25, 0.3) is 0 Å². The molecule has 60 valence electrons. The topological polar surface area (TPSA) is 17.8 Å². The fourth-order valence-electron chi connectivity index (χ4n) is 0.740. The second kappa shape index (κ2) is 3.79. The molecule has 1 aromatic rings. The third-order valence-electron chi connectivity index (χ3n) is 1.21. The predicted molar refractivity (Wildman–Crippen MR) is 46.8 cm³/mol. The average Bonchev–Trinajstić information content (AvgIpc) is 2.35. The van der Waals surface area contributed by atoms with E-state index in [2.05, 4.69) is 5.10 Å². The van der Waals surface area contributed by atoms with Crippen LogP contribution >= 0.6 is 23.2 Å². The fraction of sp³-hybridized carbons (Fsp3) is 0.286. The summed E-state index contributed by atoms with van der Waals surface area (Å²) in [6.45, 7) is 2.47. The SMILES string of the molecule is Cc1ccn(CC(Cl)=CCl)n1. The molecule has 4 heteroatoms. The molecule has 0 spiro atoms. The minimum atomic E-state index is 0.541. The number of hydrogen-bond donors (Lipinski definition) is 0. The zero-order chi connectivity index (χ0) is 8.27. The predicted octanol–water partition coefficient (Wildman–Crippen LogP) is 2.51. The average molecular weight is 191 g/mol. The molecule has 0 N–H and O–H groups in total. The molecule has 0 aromatic carbocycles. The quantitative estimate of drug-likeness (QED) is 0.702. The maximum atomic E-state index is 5.68. The van der Waals surface area contributed by atoms with Gasteiger partial charge in [0, 0.05) is 11.7 Å². The van der Waals surface area contributed by atoms with E-state index in [4.69, 9.17) is 23.2 Å². The molecule has 0 fully saturated rings. The van der Waals surface area contributed by atoms with Crippen LogP contribution in [0, 0.1) is 6.92 Å². The number of halogens is 2. The summed E-state index contributed by atoms with van der Waals surface area (Å²) in [6, 6.07) is 1.92. The Balaban J connectivity index is 2.65.